The maximum Gasteiger partial charge on any atom is 0.221 e. The van der Waals surface area contributed by atoms with Crippen molar-refractivity contribution >= 4 is 15.9 Å². The molecule has 0 aliphatic rings. The van der Waals surface area contributed by atoms with Gasteiger partial charge in [0.1, 0.15) is 0 Å². The van der Waals surface area contributed by atoms with Crippen LogP contribution in [0.1, 0.15) is 13.3 Å². The molecule has 1 unspecified atom stereocenters. The molecule has 7 nitrogen and oxygen atoms in total. The van der Waals surface area contributed by atoms with E-state index < -0.39 is 15.3 Å². The van der Waals surface area contributed by atoms with Gasteiger partial charge in [0, 0.05) is 33.2 Å². The summed E-state index contributed by atoms with van der Waals surface area (Å²) in [6.07, 6.45) is 0.0975. The van der Waals surface area contributed by atoms with Crippen molar-refractivity contribution in [3.63, 3.8) is 0 Å². The van der Waals surface area contributed by atoms with Crippen LogP contribution in [0.4, 0.5) is 0 Å². The molecule has 0 radical (unpaired) electrons. The van der Waals surface area contributed by atoms with Crippen LogP contribution in [0.3, 0.4) is 0 Å². The van der Waals surface area contributed by atoms with Gasteiger partial charge < -0.3 is 15.8 Å². The van der Waals surface area contributed by atoms with Gasteiger partial charge in [0.25, 0.3) is 0 Å². The van der Waals surface area contributed by atoms with Gasteiger partial charge in [0.2, 0.25) is 15.9 Å². The van der Waals surface area contributed by atoms with Crippen LogP contribution < -0.4 is 15.8 Å². The lowest BCUT2D eigenvalue weighted by Crippen LogP contribution is -2.39. The number of hydrogen-bond donors (Lipinski definition) is 3. The van der Waals surface area contributed by atoms with E-state index in [1.165, 1.54) is 14.0 Å². The Bertz CT molecular complexity index is 318. The van der Waals surface area contributed by atoms with Crippen LogP contribution in [0.2, 0.25) is 0 Å². The van der Waals surface area contributed by atoms with E-state index in [1.807, 2.05) is 0 Å². The predicted molar refractivity (Wildman–Crippen MR) is 64.9 cm³/mol. The molecular formula is C9H21N3O4S. The third-order valence-corrected chi connectivity index (χ3v) is 4.00. The smallest absolute Gasteiger partial charge is 0.221 e. The van der Waals surface area contributed by atoms with E-state index in [9.17, 15) is 13.2 Å². The van der Waals surface area contributed by atoms with Crippen molar-refractivity contribution in [2.75, 3.05) is 33.4 Å². The van der Waals surface area contributed by atoms with Gasteiger partial charge in [-0.15, -0.1) is 0 Å². The molecule has 17 heavy (non-hydrogen) atoms. The Balaban J connectivity index is 3.80. The van der Waals surface area contributed by atoms with E-state index in [2.05, 4.69) is 10.0 Å². The molecule has 102 valence electrons. The SMILES string of the molecule is COCCNC(=O)CCNS(=O)(=O)C(C)CN. The van der Waals surface area contributed by atoms with Crippen molar-refractivity contribution in [1.82, 2.24) is 10.0 Å². The Labute approximate surface area is 102 Å². The fraction of sp³-hybridized carbons (Fsp3) is 0.889. The molecule has 0 saturated carbocycles. The number of hydrogen-bond acceptors (Lipinski definition) is 5. The molecule has 8 heteroatoms. The summed E-state index contributed by atoms with van der Waals surface area (Å²) in [6, 6.07) is 0. The summed E-state index contributed by atoms with van der Waals surface area (Å²) in [5.74, 6) is -0.217. The highest BCUT2D eigenvalue weighted by molar-refractivity contribution is 7.90. The second-order valence-corrected chi connectivity index (χ2v) is 5.76. The average Bonchev–Trinajstić information content (AvgIpc) is 2.28. The van der Waals surface area contributed by atoms with Crippen molar-refractivity contribution in [1.29, 1.82) is 0 Å². The topological polar surface area (TPSA) is 111 Å². The van der Waals surface area contributed by atoms with Crippen LogP contribution in [-0.2, 0) is 19.6 Å². The van der Waals surface area contributed by atoms with Crippen molar-refractivity contribution in [3.8, 4) is 0 Å². The first kappa shape index (κ1) is 16.3. The van der Waals surface area contributed by atoms with E-state index in [0.29, 0.717) is 13.2 Å². The number of sulfonamides is 1. The number of nitrogens with one attached hydrogen (secondary N) is 2. The lowest BCUT2D eigenvalue weighted by atomic mass is 10.4. The Morgan fingerprint density at radius 1 is 1.41 bits per heavy atom. The first-order chi connectivity index (χ1) is 7.94. The third-order valence-electron chi connectivity index (χ3n) is 2.15. The normalized spacial score (nSPS) is 13.4. The Morgan fingerprint density at radius 3 is 2.59 bits per heavy atom. The van der Waals surface area contributed by atoms with Crippen LogP contribution in [0.5, 0.6) is 0 Å². The van der Waals surface area contributed by atoms with Crippen LogP contribution in [0.15, 0.2) is 0 Å². The third kappa shape index (κ3) is 7.27. The summed E-state index contributed by atoms with van der Waals surface area (Å²) < 4.78 is 30.0. The zero-order valence-electron chi connectivity index (χ0n) is 10.2. The van der Waals surface area contributed by atoms with Crippen molar-refractivity contribution in [2.45, 2.75) is 18.6 Å². The van der Waals surface area contributed by atoms with Gasteiger partial charge in [-0.3, -0.25) is 4.79 Å². The molecule has 0 aromatic carbocycles. The van der Waals surface area contributed by atoms with E-state index >= 15 is 0 Å². The maximum absolute atomic E-state index is 11.5. The minimum Gasteiger partial charge on any atom is -0.383 e. The molecular weight excluding hydrogens is 246 g/mol. The lowest BCUT2D eigenvalue weighted by molar-refractivity contribution is -0.121. The minimum absolute atomic E-state index is 0.0510. The number of carbonyl (C=O) groups excluding carboxylic acids is 1. The van der Waals surface area contributed by atoms with Crippen LogP contribution in [-0.4, -0.2) is 52.9 Å². The summed E-state index contributed by atoms with van der Waals surface area (Å²) in [5, 5.41) is 1.94. The first-order valence-corrected chi connectivity index (χ1v) is 6.93. The Hall–Kier alpha value is -0.700. The van der Waals surface area contributed by atoms with Crippen LogP contribution in [0, 0.1) is 0 Å². The largest absolute Gasteiger partial charge is 0.383 e. The molecule has 0 rings (SSSR count). The van der Waals surface area contributed by atoms with E-state index in [1.54, 1.807) is 0 Å². The Morgan fingerprint density at radius 2 is 2.06 bits per heavy atom. The molecule has 0 saturated heterocycles. The highest BCUT2D eigenvalue weighted by Crippen LogP contribution is 1.95. The van der Waals surface area contributed by atoms with Gasteiger partial charge in [-0.25, -0.2) is 13.1 Å². The fourth-order valence-electron chi connectivity index (χ4n) is 0.957. The molecule has 0 bridgehead atoms. The van der Waals surface area contributed by atoms with Gasteiger partial charge in [-0.2, -0.15) is 0 Å². The molecule has 0 aromatic heterocycles. The van der Waals surface area contributed by atoms with E-state index in [-0.39, 0.29) is 25.4 Å². The number of ether oxygens (including phenoxy) is 1. The number of methoxy groups -OCH3 is 1. The maximum atomic E-state index is 11.5. The van der Waals surface area contributed by atoms with Crippen molar-refractivity contribution in [3.05, 3.63) is 0 Å². The number of nitrogens with two attached hydrogens (primary N) is 1. The minimum atomic E-state index is -3.41. The van der Waals surface area contributed by atoms with Crippen molar-refractivity contribution in [2.24, 2.45) is 5.73 Å². The first-order valence-electron chi connectivity index (χ1n) is 5.38. The monoisotopic (exact) mass is 267 g/mol. The highest BCUT2D eigenvalue weighted by Gasteiger charge is 2.18. The molecule has 0 aromatic rings. The molecule has 1 atom stereocenters. The van der Waals surface area contributed by atoms with Gasteiger partial charge in [-0.05, 0) is 6.92 Å². The van der Waals surface area contributed by atoms with Gasteiger partial charge >= 0.3 is 0 Å². The Kier molecular flexibility index (Phi) is 8.05. The predicted octanol–water partition coefficient (Wildman–Crippen LogP) is -1.59. The lowest BCUT2D eigenvalue weighted by Gasteiger charge is -2.11. The van der Waals surface area contributed by atoms with E-state index in [4.69, 9.17) is 10.5 Å². The van der Waals surface area contributed by atoms with Gasteiger partial charge in [-0.1, -0.05) is 0 Å². The molecule has 0 aliphatic heterocycles. The summed E-state index contributed by atoms with van der Waals surface area (Å²) in [6.45, 7) is 2.49. The van der Waals surface area contributed by atoms with Gasteiger partial charge in [0.05, 0.1) is 11.9 Å². The second kappa shape index (κ2) is 8.40. The zero-order chi connectivity index (χ0) is 13.3. The number of rotatable bonds is 9. The summed E-state index contributed by atoms with van der Waals surface area (Å²) >= 11 is 0. The molecule has 4 N–H and O–H groups in total. The standard InChI is InChI=1S/C9H21N3O4S/c1-8(7-10)17(14,15)12-4-3-9(13)11-5-6-16-2/h8,12H,3-7,10H2,1-2H3,(H,11,13). The summed E-state index contributed by atoms with van der Waals surface area (Å²) in [5.41, 5.74) is 5.26. The van der Waals surface area contributed by atoms with Gasteiger partial charge in [0.15, 0.2) is 0 Å². The number of carbonyl (C=O) groups is 1. The van der Waals surface area contributed by atoms with Crippen molar-refractivity contribution < 1.29 is 17.9 Å². The number of amides is 1. The molecule has 0 heterocycles. The van der Waals surface area contributed by atoms with Crippen LogP contribution in [0.25, 0.3) is 0 Å². The molecule has 1 amide bonds. The molecule has 0 aliphatic carbocycles. The van der Waals surface area contributed by atoms with Crippen LogP contribution >= 0.6 is 0 Å². The quantitative estimate of drug-likeness (QED) is 0.436. The zero-order valence-corrected chi connectivity index (χ0v) is 11.0. The highest BCUT2D eigenvalue weighted by atomic mass is 32.2. The molecule has 0 spiro atoms. The summed E-state index contributed by atoms with van der Waals surface area (Å²) in [4.78, 5) is 11.2. The second-order valence-electron chi connectivity index (χ2n) is 3.58. The van der Waals surface area contributed by atoms with E-state index in [0.717, 1.165) is 0 Å². The molecule has 0 fully saturated rings. The summed E-state index contributed by atoms with van der Waals surface area (Å²) in [7, 11) is -1.87. The fourth-order valence-corrected chi connectivity index (χ4v) is 1.88. The average molecular weight is 267 g/mol.